The molecule has 0 saturated carbocycles. The molecule has 1 aromatic heterocycles. The third-order valence-corrected chi connectivity index (χ3v) is 3.77. The lowest BCUT2D eigenvalue weighted by Crippen LogP contribution is -2.01. The summed E-state index contributed by atoms with van der Waals surface area (Å²) in [6.45, 7) is 0. The molecule has 0 aliphatic carbocycles. The molecule has 1 heterocycles. The first-order valence-electron chi connectivity index (χ1n) is 7.22. The number of benzene rings is 3. The molecule has 0 bridgehead atoms. The average molecular weight is 303 g/mol. The number of rotatable bonds is 2. The van der Waals surface area contributed by atoms with Crippen LogP contribution in [0.4, 0.5) is 11.4 Å². The Kier molecular flexibility index (Phi) is 3.01. The van der Waals surface area contributed by atoms with Crippen LogP contribution in [-0.4, -0.2) is 5.11 Å². The fraction of sp³-hybridized carbons (Fsp3) is 0. The van der Waals surface area contributed by atoms with Gasteiger partial charge in [-0.3, -0.25) is 0 Å². The minimum Gasteiger partial charge on any atom is -0.507 e. The second-order valence-electron chi connectivity index (χ2n) is 5.32. The minimum absolute atomic E-state index is 0.0644. The van der Waals surface area contributed by atoms with Crippen molar-refractivity contribution in [3.63, 3.8) is 0 Å². The molecule has 0 atom stereocenters. The second kappa shape index (κ2) is 5.18. The van der Waals surface area contributed by atoms with E-state index in [-0.39, 0.29) is 5.75 Å². The molecule has 23 heavy (non-hydrogen) atoms. The SMILES string of the molecule is O=c1cc(Nc2ccc3ccccc3c2)c2c(O)cccc2o1. The summed E-state index contributed by atoms with van der Waals surface area (Å²) >= 11 is 0. The number of phenols is 1. The van der Waals surface area contributed by atoms with Crippen molar-refractivity contribution in [2.45, 2.75) is 0 Å². The van der Waals surface area contributed by atoms with Crippen LogP contribution in [0.25, 0.3) is 21.7 Å². The number of nitrogens with one attached hydrogen (secondary N) is 1. The van der Waals surface area contributed by atoms with Gasteiger partial charge in [0, 0.05) is 11.8 Å². The summed E-state index contributed by atoms with van der Waals surface area (Å²) in [5, 5.41) is 16.0. The molecular formula is C19H13NO3. The molecule has 0 radical (unpaired) electrons. The van der Waals surface area contributed by atoms with Crippen LogP contribution in [0.1, 0.15) is 0 Å². The summed E-state index contributed by atoms with van der Waals surface area (Å²) in [6.07, 6.45) is 0. The highest BCUT2D eigenvalue weighted by Gasteiger charge is 2.10. The average Bonchev–Trinajstić information content (AvgIpc) is 2.54. The molecule has 4 rings (SSSR count). The molecule has 4 aromatic rings. The van der Waals surface area contributed by atoms with Crippen molar-refractivity contribution in [2.24, 2.45) is 0 Å². The Balaban J connectivity index is 1.87. The predicted molar refractivity (Wildman–Crippen MR) is 91.4 cm³/mol. The summed E-state index contributed by atoms with van der Waals surface area (Å²) in [5.74, 6) is 0.0644. The first-order valence-corrected chi connectivity index (χ1v) is 7.22. The predicted octanol–water partition coefficient (Wildman–Crippen LogP) is 4.40. The lowest BCUT2D eigenvalue weighted by Gasteiger charge is -2.10. The van der Waals surface area contributed by atoms with Crippen molar-refractivity contribution in [2.75, 3.05) is 5.32 Å². The highest BCUT2D eigenvalue weighted by Crippen LogP contribution is 2.32. The Morgan fingerprint density at radius 1 is 0.870 bits per heavy atom. The van der Waals surface area contributed by atoms with E-state index < -0.39 is 5.63 Å². The molecule has 0 spiro atoms. The van der Waals surface area contributed by atoms with Crippen LogP contribution in [0.15, 0.2) is 75.9 Å². The zero-order valence-electron chi connectivity index (χ0n) is 12.1. The molecule has 0 aliphatic rings. The summed E-state index contributed by atoms with van der Waals surface area (Å²) in [6, 6.07) is 20.2. The van der Waals surface area contributed by atoms with Gasteiger partial charge in [-0.1, -0.05) is 36.4 Å². The molecule has 112 valence electrons. The topological polar surface area (TPSA) is 62.5 Å². The van der Waals surface area contributed by atoms with E-state index in [1.807, 2.05) is 42.5 Å². The Labute approximate surface area is 131 Å². The van der Waals surface area contributed by atoms with Crippen molar-refractivity contribution < 1.29 is 9.52 Å². The molecule has 0 fully saturated rings. The van der Waals surface area contributed by atoms with Gasteiger partial charge in [-0.15, -0.1) is 0 Å². The van der Waals surface area contributed by atoms with Gasteiger partial charge in [-0.05, 0) is 35.0 Å². The number of phenolic OH excluding ortho intramolecular Hbond substituents is 1. The van der Waals surface area contributed by atoms with E-state index in [4.69, 9.17) is 4.42 Å². The number of hydrogen-bond donors (Lipinski definition) is 2. The molecule has 4 nitrogen and oxygen atoms in total. The fourth-order valence-electron chi connectivity index (χ4n) is 2.72. The molecular weight excluding hydrogens is 290 g/mol. The van der Waals surface area contributed by atoms with Gasteiger partial charge in [0.05, 0.1) is 11.1 Å². The summed E-state index contributed by atoms with van der Waals surface area (Å²) in [7, 11) is 0. The van der Waals surface area contributed by atoms with Gasteiger partial charge in [0.15, 0.2) is 0 Å². The van der Waals surface area contributed by atoms with Crippen molar-refractivity contribution >= 4 is 33.1 Å². The van der Waals surface area contributed by atoms with Gasteiger partial charge >= 0.3 is 5.63 Å². The highest BCUT2D eigenvalue weighted by molar-refractivity contribution is 5.97. The Hall–Kier alpha value is -3.27. The third kappa shape index (κ3) is 2.40. The van der Waals surface area contributed by atoms with Crippen LogP contribution >= 0.6 is 0 Å². The first-order chi connectivity index (χ1) is 11.2. The van der Waals surface area contributed by atoms with Crippen molar-refractivity contribution in [1.82, 2.24) is 0 Å². The maximum Gasteiger partial charge on any atom is 0.338 e. The van der Waals surface area contributed by atoms with Gasteiger partial charge in [-0.2, -0.15) is 0 Å². The van der Waals surface area contributed by atoms with E-state index in [2.05, 4.69) is 5.32 Å². The van der Waals surface area contributed by atoms with Gasteiger partial charge in [0.2, 0.25) is 0 Å². The first kappa shape index (κ1) is 13.4. The van der Waals surface area contributed by atoms with Crippen molar-refractivity contribution in [1.29, 1.82) is 0 Å². The Morgan fingerprint density at radius 3 is 2.57 bits per heavy atom. The largest absolute Gasteiger partial charge is 0.507 e. The van der Waals surface area contributed by atoms with Crippen LogP contribution < -0.4 is 10.9 Å². The standard InChI is InChI=1S/C19H13NO3/c21-16-6-3-7-17-19(16)15(11-18(22)23-17)20-14-9-8-12-4-1-2-5-13(12)10-14/h1-11,20-21H. The number of fused-ring (bicyclic) bond motifs is 2. The second-order valence-corrected chi connectivity index (χ2v) is 5.32. The van der Waals surface area contributed by atoms with Crippen LogP contribution in [0, 0.1) is 0 Å². The molecule has 3 aromatic carbocycles. The number of aromatic hydroxyl groups is 1. The number of hydrogen-bond acceptors (Lipinski definition) is 4. The number of anilines is 2. The zero-order chi connectivity index (χ0) is 15.8. The van der Waals surface area contributed by atoms with Crippen LogP contribution in [0.3, 0.4) is 0 Å². The van der Waals surface area contributed by atoms with E-state index in [9.17, 15) is 9.90 Å². The van der Waals surface area contributed by atoms with Crippen LogP contribution in [0.5, 0.6) is 5.75 Å². The lowest BCUT2D eigenvalue weighted by atomic mass is 10.1. The maximum atomic E-state index is 11.7. The fourth-order valence-corrected chi connectivity index (χ4v) is 2.72. The molecule has 0 unspecified atom stereocenters. The van der Waals surface area contributed by atoms with Crippen LogP contribution in [0.2, 0.25) is 0 Å². The summed E-state index contributed by atoms with van der Waals surface area (Å²) in [5.41, 5.74) is 1.23. The van der Waals surface area contributed by atoms with E-state index in [0.717, 1.165) is 16.5 Å². The third-order valence-electron chi connectivity index (χ3n) is 3.77. The van der Waals surface area contributed by atoms with E-state index in [1.54, 1.807) is 18.2 Å². The van der Waals surface area contributed by atoms with Crippen molar-refractivity contribution in [3.05, 3.63) is 77.2 Å². The van der Waals surface area contributed by atoms with Gasteiger partial charge in [-0.25, -0.2) is 4.79 Å². The lowest BCUT2D eigenvalue weighted by molar-refractivity contribution is 0.479. The highest BCUT2D eigenvalue weighted by atomic mass is 16.4. The van der Waals surface area contributed by atoms with Gasteiger partial charge in [0.1, 0.15) is 11.3 Å². The summed E-state index contributed by atoms with van der Waals surface area (Å²) in [4.78, 5) is 11.7. The van der Waals surface area contributed by atoms with E-state index in [0.29, 0.717) is 16.7 Å². The molecule has 4 heteroatoms. The van der Waals surface area contributed by atoms with Crippen molar-refractivity contribution in [3.8, 4) is 5.75 Å². The van der Waals surface area contributed by atoms with E-state index in [1.165, 1.54) is 6.07 Å². The molecule has 2 N–H and O–H groups in total. The monoisotopic (exact) mass is 303 g/mol. The Morgan fingerprint density at radius 2 is 1.70 bits per heavy atom. The molecule has 0 amide bonds. The molecule has 0 saturated heterocycles. The smallest absolute Gasteiger partial charge is 0.338 e. The quantitative estimate of drug-likeness (QED) is 0.539. The van der Waals surface area contributed by atoms with Gasteiger partial charge < -0.3 is 14.8 Å². The van der Waals surface area contributed by atoms with Crippen LogP contribution in [-0.2, 0) is 0 Å². The maximum absolute atomic E-state index is 11.7. The van der Waals surface area contributed by atoms with Gasteiger partial charge in [0.25, 0.3) is 0 Å². The molecule has 0 aliphatic heterocycles. The van der Waals surface area contributed by atoms with E-state index >= 15 is 0 Å². The Bertz CT molecular complexity index is 1080. The minimum atomic E-state index is -0.466. The normalized spacial score (nSPS) is 11.0. The summed E-state index contributed by atoms with van der Waals surface area (Å²) < 4.78 is 5.14. The zero-order valence-corrected chi connectivity index (χ0v) is 12.1.